The maximum atomic E-state index is 13.3. The Balaban J connectivity index is 1.61. The monoisotopic (exact) mass is 540 g/mol. The maximum Gasteiger partial charge on any atom is 0.309 e. The van der Waals surface area contributed by atoms with Crippen LogP contribution in [0.4, 0.5) is 11.5 Å². The number of methoxy groups -OCH3 is 1. The summed E-state index contributed by atoms with van der Waals surface area (Å²) in [5.74, 6) is -1.39. The van der Waals surface area contributed by atoms with Gasteiger partial charge in [0.05, 0.1) is 18.6 Å². The van der Waals surface area contributed by atoms with Crippen molar-refractivity contribution in [3.8, 4) is 0 Å². The Morgan fingerprint density at radius 2 is 1.84 bits per heavy atom. The van der Waals surface area contributed by atoms with Gasteiger partial charge in [-0.1, -0.05) is 17.7 Å². The van der Waals surface area contributed by atoms with Crippen molar-refractivity contribution in [2.24, 2.45) is 5.92 Å². The Kier molecular flexibility index (Phi) is 8.31. The Morgan fingerprint density at radius 3 is 2.47 bits per heavy atom. The fourth-order valence-electron chi connectivity index (χ4n) is 4.61. The van der Waals surface area contributed by atoms with Crippen LogP contribution in [0.3, 0.4) is 0 Å². The van der Waals surface area contributed by atoms with Gasteiger partial charge in [-0.05, 0) is 55.5 Å². The molecule has 1 aliphatic carbocycles. The van der Waals surface area contributed by atoms with E-state index in [1.54, 1.807) is 42.3 Å². The van der Waals surface area contributed by atoms with Gasteiger partial charge in [0.15, 0.2) is 0 Å². The average Bonchev–Trinajstić information content (AvgIpc) is 3.27. The van der Waals surface area contributed by atoms with Gasteiger partial charge >= 0.3 is 5.97 Å². The number of hydrogen-bond acceptors (Lipinski definition) is 7. The second-order valence-corrected chi connectivity index (χ2v) is 9.77. The Hall–Kier alpha value is -3.92. The first-order valence-corrected chi connectivity index (χ1v) is 12.6. The van der Waals surface area contributed by atoms with E-state index >= 15 is 0 Å². The third-order valence-electron chi connectivity index (χ3n) is 6.86. The van der Waals surface area contributed by atoms with Crippen molar-refractivity contribution in [3.05, 3.63) is 52.9 Å². The number of nitrogens with one attached hydrogen (secondary N) is 2. The molecular formula is C27H29ClN4O6. The zero-order valence-corrected chi connectivity index (χ0v) is 22.1. The van der Waals surface area contributed by atoms with Crippen LogP contribution in [0.2, 0.25) is 5.02 Å². The first-order valence-electron chi connectivity index (χ1n) is 12.3. The Bertz CT molecular complexity index is 1360. The van der Waals surface area contributed by atoms with Gasteiger partial charge in [0.1, 0.15) is 17.1 Å². The van der Waals surface area contributed by atoms with Crippen LogP contribution in [0.25, 0.3) is 11.0 Å². The van der Waals surface area contributed by atoms with E-state index in [1.807, 2.05) is 0 Å². The standard InChI is InChI=1S/C27H29ClN4O6/c1-15(33)32(2)19-8-5-17(6-9-19)26(35)31-24-20-12-16(13-23(34)37-3)4-10-21(20)38-25(24)27(36)30-22-11-7-18(28)14-29-22/h4,7,10-12,14,17,19H,5-6,8-9,13H2,1-3H3,(H,31,35)(H,29,30,36)/t17-,19-. The van der Waals surface area contributed by atoms with Crippen LogP contribution in [-0.4, -0.2) is 53.8 Å². The number of carbonyl (C=O) groups excluding carboxylic acids is 4. The third-order valence-corrected chi connectivity index (χ3v) is 7.09. The van der Waals surface area contributed by atoms with Crippen molar-refractivity contribution in [1.29, 1.82) is 0 Å². The Morgan fingerprint density at radius 1 is 1.11 bits per heavy atom. The van der Waals surface area contributed by atoms with E-state index in [2.05, 4.69) is 15.6 Å². The van der Waals surface area contributed by atoms with Gasteiger partial charge in [-0.25, -0.2) is 4.98 Å². The predicted molar refractivity (Wildman–Crippen MR) is 142 cm³/mol. The topological polar surface area (TPSA) is 131 Å². The number of anilines is 2. The number of rotatable bonds is 7. The molecule has 0 unspecified atom stereocenters. The van der Waals surface area contributed by atoms with E-state index in [4.69, 9.17) is 20.8 Å². The molecule has 0 aliphatic heterocycles. The summed E-state index contributed by atoms with van der Waals surface area (Å²) in [7, 11) is 3.08. The molecule has 0 radical (unpaired) electrons. The normalized spacial score (nSPS) is 17.1. The fraction of sp³-hybridized carbons (Fsp3) is 0.370. The number of pyridine rings is 1. The molecule has 2 aromatic heterocycles. The van der Waals surface area contributed by atoms with Crippen LogP contribution in [-0.2, 0) is 25.5 Å². The molecule has 0 spiro atoms. The van der Waals surface area contributed by atoms with Gasteiger partial charge in [0.2, 0.25) is 17.6 Å². The number of amides is 3. The van der Waals surface area contributed by atoms with Gasteiger partial charge in [0.25, 0.3) is 5.91 Å². The Labute approximate surface area is 224 Å². The summed E-state index contributed by atoms with van der Waals surface area (Å²) in [6, 6.07) is 8.27. The second-order valence-electron chi connectivity index (χ2n) is 9.33. The van der Waals surface area contributed by atoms with E-state index in [9.17, 15) is 19.2 Å². The molecule has 11 heteroatoms. The van der Waals surface area contributed by atoms with Crippen molar-refractivity contribution in [2.75, 3.05) is 24.8 Å². The lowest BCUT2D eigenvalue weighted by atomic mass is 9.84. The number of carbonyl (C=O) groups is 4. The lowest BCUT2D eigenvalue weighted by molar-refractivity contribution is -0.139. The molecule has 1 aromatic carbocycles. The first-order chi connectivity index (χ1) is 18.2. The van der Waals surface area contributed by atoms with Gasteiger partial charge < -0.3 is 24.7 Å². The molecule has 200 valence electrons. The molecule has 1 fully saturated rings. The van der Waals surface area contributed by atoms with Crippen LogP contribution in [0, 0.1) is 5.92 Å². The van der Waals surface area contributed by atoms with E-state index in [1.165, 1.54) is 20.2 Å². The minimum absolute atomic E-state index is 0.00337. The molecule has 2 N–H and O–H groups in total. The highest BCUT2D eigenvalue weighted by Gasteiger charge is 2.31. The highest BCUT2D eigenvalue weighted by molar-refractivity contribution is 6.30. The SMILES string of the molecule is COC(=O)Cc1ccc2oc(C(=O)Nc3ccc(Cl)cn3)c(NC(=O)[C@H]3CC[C@H](N(C)C(C)=O)CC3)c2c1. The molecule has 0 saturated heterocycles. The molecule has 10 nitrogen and oxygen atoms in total. The molecular weight excluding hydrogens is 512 g/mol. The molecule has 2 heterocycles. The lowest BCUT2D eigenvalue weighted by Gasteiger charge is -2.33. The summed E-state index contributed by atoms with van der Waals surface area (Å²) >= 11 is 5.88. The van der Waals surface area contributed by atoms with Gasteiger partial charge in [0, 0.05) is 37.5 Å². The number of ether oxygens (including phenoxy) is 1. The van der Waals surface area contributed by atoms with Crippen molar-refractivity contribution in [2.45, 2.75) is 45.1 Å². The van der Waals surface area contributed by atoms with Crippen LogP contribution in [0.5, 0.6) is 0 Å². The fourth-order valence-corrected chi connectivity index (χ4v) is 4.72. The van der Waals surface area contributed by atoms with Crippen LogP contribution in [0.1, 0.15) is 48.7 Å². The molecule has 4 rings (SSSR count). The second kappa shape index (κ2) is 11.6. The summed E-state index contributed by atoms with van der Waals surface area (Å²) < 4.78 is 10.6. The number of nitrogens with zero attached hydrogens (tertiary/aromatic N) is 2. The number of esters is 1. The van der Waals surface area contributed by atoms with Crippen molar-refractivity contribution >= 4 is 57.8 Å². The number of fused-ring (bicyclic) bond motifs is 1. The molecule has 1 saturated carbocycles. The van der Waals surface area contributed by atoms with Crippen LogP contribution >= 0.6 is 11.6 Å². The van der Waals surface area contributed by atoms with Gasteiger partial charge in [-0.2, -0.15) is 0 Å². The number of hydrogen-bond donors (Lipinski definition) is 2. The number of halogens is 1. The van der Waals surface area contributed by atoms with Gasteiger partial charge in [-0.15, -0.1) is 0 Å². The average molecular weight is 541 g/mol. The zero-order valence-electron chi connectivity index (χ0n) is 21.4. The van der Waals surface area contributed by atoms with Crippen molar-refractivity contribution in [1.82, 2.24) is 9.88 Å². The summed E-state index contributed by atoms with van der Waals surface area (Å²) in [4.78, 5) is 55.9. The van der Waals surface area contributed by atoms with E-state index in [0.29, 0.717) is 47.2 Å². The first kappa shape index (κ1) is 27.1. The molecule has 0 atom stereocenters. The quantitative estimate of drug-likeness (QED) is 0.424. The van der Waals surface area contributed by atoms with Gasteiger partial charge in [-0.3, -0.25) is 19.2 Å². The molecule has 0 bridgehead atoms. The minimum Gasteiger partial charge on any atom is -0.469 e. The number of furan rings is 1. The minimum atomic E-state index is -0.604. The largest absolute Gasteiger partial charge is 0.469 e. The predicted octanol–water partition coefficient (Wildman–Crippen LogP) is 4.42. The van der Waals surface area contributed by atoms with Crippen molar-refractivity contribution in [3.63, 3.8) is 0 Å². The number of aromatic nitrogens is 1. The maximum absolute atomic E-state index is 13.3. The summed E-state index contributed by atoms with van der Waals surface area (Å²) in [6.45, 7) is 1.53. The van der Waals surface area contributed by atoms with Crippen LogP contribution < -0.4 is 10.6 Å². The molecule has 38 heavy (non-hydrogen) atoms. The highest BCUT2D eigenvalue weighted by atomic mass is 35.5. The van der Waals surface area contributed by atoms with Crippen LogP contribution in [0.15, 0.2) is 40.9 Å². The number of benzene rings is 1. The van der Waals surface area contributed by atoms with E-state index < -0.39 is 11.9 Å². The van der Waals surface area contributed by atoms with E-state index in [-0.39, 0.29) is 47.5 Å². The molecule has 3 amide bonds. The summed E-state index contributed by atoms with van der Waals surface area (Å²) in [5.41, 5.74) is 1.22. The summed E-state index contributed by atoms with van der Waals surface area (Å²) in [5, 5.41) is 6.47. The molecule has 1 aliphatic rings. The third kappa shape index (κ3) is 6.13. The lowest BCUT2D eigenvalue weighted by Crippen LogP contribution is -2.40. The summed E-state index contributed by atoms with van der Waals surface area (Å²) in [6.07, 6.45) is 4.05. The smallest absolute Gasteiger partial charge is 0.309 e. The zero-order chi connectivity index (χ0) is 27.4. The van der Waals surface area contributed by atoms with E-state index in [0.717, 1.165) is 0 Å². The molecule has 3 aromatic rings. The van der Waals surface area contributed by atoms with Crippen molar-refractivity contribution < 1.29 is 28.3 Å². The highest BCUT2D eigenvalue weighted by Crippen LogP contribution is 2.35.